The third-order valence-electron chi connectivity index (χ3n) is 13.5. The van der Waals surface area contributed by atoms with E-state index in [2.05, 4.69) is 196 Å². The van der Waals surface area contributed by atoms with Gasteiger partial charge in [0.15, 0.2) is 0 Å². The minimum absolute atomic E-state index is 0. The average molecular weight is 971 g/mol. The quantitative estimate of drug-likeness (QED) is 0.169. The van der Waals surface area contributed by atoms with Crippen molar-refractivity contribution in [3.63, 3.8) is 0 Å². The summed E-state index contributed by atoms with van der Waals surface area (Å²) >= 11 is -3.13. The van der Waals surface area contributed by atoms with Crippen molar-refractivity contribution in [3.8, 4) is 22.3 Å². The molecule has 1 saturated heterocycles. The van der Waals surface area contributed by atoms with Gasteiger partial charge in [-0.3, -0.25) is 0 Å². The van der Waals surface area contributed by atoms with Gasteiger partial charge in [0.1, 0.15) is 0 Å². The monoisotopic (exact) mass is 970 g/mol. The Morgan fingerprint density at radius 3 is 1.00 bits per heavy atom. The first-order valence-electron chi connectivity index (χ1n) is 21.4. The number of fused-ring (bicyclic) bond motifs is 2. The molecular weight excluding hydrogens is 898 g/mol. The Morgan fingerprint density at radius 2 is 0.754 bits per heavy atom. The molecule has 7 rings (SSSR count). The van der Waals surface area contributed by atoms with Crippen molar-refractivity contribution in [1.29, 1.82) is 0 Å². The maximum atomic E-state index is 2.69. The molecule has 0 aromatic heterocycles. The Morgan fingerprint density at radius 1 is 0.456 bits per heavy atom. The molecule has 0 spiro atoms. The number of hydrogen-bond acceptors (Lipinski definition) is 0. The van der Waals surface area contributed by atoms with Gasteiger partial charge < -0.3 is 0 Å². The summed E-state index contributed by atoms with van der Waals surface area (Å²) in [6.07, 6.45) is 5.38. The largest absolute Gasteiger partial charge is 0.147 e. The van der Waals surface area contributed by atoms with E-state index in [1.165, 1.54) is 64.0 Å². The van der Waals surface area contributed by atoms with Crippen LogP contribution >= 0.6 is 24.8 Å². The first-order chi connectivity index (χ1) is 25.4. The molecule has 3 aliphatic rings. The topological polar surface area (TPSA) is 0 Å². The molecule has 0 N–H and O–H groups in total. The predicted octanol–water partition coefficient (Wildman–Crippen LogP) is 16.9. The fourth-order valence-corrected chi connectivity index (χ4v) is 38.7. The van der Waals surface area contributed by atoms with Gasteiger partial charge in [0.2, 0.25) is 0 Å². The van der Waals surface area contributed by atoms with Crippen molar-refractivity contribution in [2.75, 3.05) is 0 Å². The fraction of sp³-hybridized carbons (Fsp3) is 0.481. The Balaban J connectivity index is 0.00000310. The summed E-state index contributed by atoms with van der Waals surface area (Å²) in [5, 5.41) is 0. The third kappa shape index (κ3) is 8.44. The van der Waals surface area contributed by atoms with E-state index in [4.69, 9.17) is 0 Å². The average Bonchev–Trinajstić information content (AvgIpc) is 3.59. The van der Waals surface area contributed by atoms with Crippen LogP contribution in [0.5, 0.6) is 0 Å². The summed E-state index contributed by atoms with van der Waals surface area (Å²) in [4.78, 5) is 0. The molecule has 0 bridgehead atoms. The molecule has 57 heavy (non-hydrogen) atoms. The Kier molecular flexibility index (Phi) is 12.6. The van der Waals surface area contributed by atoms with Gasteiger partial charge in [0, 0.05) is 0 Å². The van der Waals surface area contributed by atoms with Crippen molar-refractivity contribution in [2.45, 2.75) is 148 Å². The maximum Gasteiger partial charge on any atom is -0.147 e. The molecule has 3 heteroatoms. The van der Waals surface area contributed by atoms with Crippen LogP contribution in [0.15, 0.2) is 83.9 Å². The fourth-order valence-electron chi connectivity index (χ4n) is 9.82. The zero-order valence-electron chi connectivity index (χ0n) is 38.1. The van der Waals surface area contributed by atoms with E-state index >= 15 is 0 Å². The van der Waals surface area contributed by atoms with E-state index in [1.807, 2.05) is 0 Å². The number of hydrogen-bond donors (Lipinski definition) is 0. The Labute approximate surface area is 365 Å². The van der Waals surface area contributed by atoms with Crippen molar-refractivity contribution < 1.29 is 20.0 Å². The molecule has 1 fully saturated rings. The van der Waals surface area contributed by atoms with Crippen LogP contribution in [0.3, 0.4) is 0 Å². The van der Waals surface area contributed by atoms with E-state index in [1.54, 1.807) is 22.3 Å². The normalized spacial score (nSPS) is 18.8. The molecular formula is C54H72Cl2Hf. The molecule has 306 valence electrons. The molecule has 0 saturated carbocycles. The van der Waals surface area contributed by atoms with E-state index < -0.39 is 20.0 Å². The second kappa shape index (κ2) is 15.7. The van der Waals surface area contributed by atoms with Crippen molar-refractivity contribution in [3.05, 3.63) is 128 Å². The molecule has 0 nitrogen and oxygen atoms in total. The summed E-state index contributed by atoms with van der Waals surface area (Å²) in [6.45, 7) is 38.3. The van der Waals surface area contributed by atoms with Gasteiger partial charge in [-0.25, -0.2) is 0 Å². The van der Waals surface area contributed by atoms with Crippen LogP contribution in [0.4, 0.5) is 0 Å². The minimum Gasteiger partial charge on any atom is -0.147 e. The van der Waals surface area contributed by atoms with Crippen molar-refractivity contribution >= 4 is 37.0 Å². The van der Waals surface area contributed by atoms with Crippen LogP contribution in [0.2, 0.25) is 8.35 Å². The van der Waals surface area contributed by atoms with Crippen LogP contribution in [-0.2, 0) is 41.6 Å². The summed E-state index contributed by atoms with van der Waals surface area (Å²) in [5.41, 5.74) is 21.5. The van der Waals surface area contributed by atoms with E-state index in [0.29, 0.717) is 19.2 Å². The van der Waals surface area contributed by atoms with Gasteiger partial charge in [-0.15, -0.1) is 24.8 Å². The zero-order chi connectivity index (χ0) is 40.2. The van der Waals surface area contributed by atoms with Gasteiger partial charge in [0.05, 0.1) is 0 Å². The van der Waals surface area contributed by atoms with Crippen LogP contribution < -0.4 is 0 Å². The summed E-state index contributed by atoms with van der Waals surface area (Å²) < 4.78 is 4.25. The number of allylic oxidation sites excluding steroid dienone is 2. The van der Waals surface area contributed by atoms with E-state index in [-0.39, 0.29) is 46.5 Å². The first kappa shape index (κ1) is 45.9. The number of halogens is 2. The van der Waals surface area contributed by atoms with Gasteiger partial charge in [-0.2, -0.15) is 0 Å². The Bertz CT molecular complexity index is 1990. The smallest absolute Gasteiger partial charge is 0.147 e. The van der Waals surface area contributed by atoms with E-state index in [0.717, 1.165) is 0 Å². The van der Waals surface area contributed by atoms with Gasteiger partial charge in [-0.05, 0) is 0 Å². The third-order valence-corrected chi connectivity index (χ3v) is 32.3. The van der Waals surface area contributed by atoms with Crippen molar-refractivity contribution in [2.24, 2.45) is 11.8 Å². The van der Waals surface area contributed by atoms with Crippen LogP contribution in [-0.4, -0.2) is 0 Å². The second-order valence-corrected chi connectivity index (χ2v) is 39.0. The summed E-state index contributed by atoms with van der Waals surface area (Å²) in [5.74, 6) is 1.06. The summed E-state index contributed by atoms with van der Waals surface area (Å²) in [7, 11) is 0. The maximum absolute atomic E-state index is 3.13. The van der Waals surface area contributed by atoms with Crippen LogP contribution in [0.25, 0.3) is 34.4 Å². The second-order valence-electron chi connectivity index (χ2n) is 22.4. The molecule has 1 heterocycles. The molecule has 2 aliphatic carbocycles. The van der Waals surface area contributed by atoms with Crippen LogP contribution in [0, 0.1) is 11.8 Å². The molecule has 0 amide bonds. The molecule has 2 atom stereocenters. The van der Waals surface area contributed by atoms with Gasteiger partial charge >= 0.3 is 343 Å². The Hall–Kier alpha value is -2.19. The van der Waals surface area contributed by atoms with Gasteiger partial charge in [-0.1, -0.05) is 0 Å². The SMILES string of the molecule is CC(C)C1=Cc2c(-c3cc(C(C)(C)C)cc(C(C)(C)C)c3)cccc2[CH]1[Hf]1([CH]2C(C(C)C)=Cc3c(-c4cc(C(C)(C)C)cc(C(C)(C)C)c4)cccc32)[CH2][CH2]1.Cl.Cl. The minimum atomic E-state index is -3.13. The van der Waals surface area contributed by atoms with E-state index in [9.17, 15) is 0 Å². The van der Waals surface area contributed by atoms with Crippen molar-refractivity contribution in [1.82, 2.24) is 0 Å². The number of benzene rings is 4. The number of rotatable bonds is 6. The molecule has 2 unspecified atom stereocenters. The standard InChI is InChI=1S/2C26H33.C2H4.2ClH.Hf/c2*1-17(2)19-12-18-10-9-11-23(24(18)15-19)20-13-21(25(3,4)5)16-22(14-20)26(6,7)8;1-2;;;/h2*9-17H,1-8H3;1-2H2;2*1H;. The molecule has 1 aliphatic heterocycles. The summed E-state index contributed by atoms with van der Waals surface area (Å²) in [6, 6.07) is 29.7. The zero-order valence-corrected chi connectivity index (χ0v) is 43.3. The van der Waals surface area contributed by atoms with Crippen LogP contribution in [0.1, 0.15) is 163 Å². The molecule has 4 aromatic carbocycles. The molecule has 4 aromatic rings. The molecule has 0 radical (unpaired) electrons. The first-order valence-corrected chi connectivity index (χ1v) is 30.7. The van der Waals surface area contributed by atoms with Gasteiger partial charge in [0.25, 0.3) is 0 Å². The predicted molar refractivity (Wildman–Crippen MR) is 254 cm³/mol.